The van der Waals surface area contributed by atoms with Crippen molar-refractivity contribution in [2.75, 3.05) is 14.2 Å². The van der Waals surface area contributed by atoms with Crippen LogP contribution >= 0.6 is 0 Å². The normalized spacial score (nSPS) is 13.0. The lowest BCUT2D eigenvalue weighted by Gasteiger charge is -2.20. The third-order valence-electron chi connectivity index (χ3n) is 4.90. The lowest BCUT2D eigenvalue weighted by atomic mass is 9.98. The molecule has 1 aromatic carbocycles. The molecule has 2 rings (SSSR count). The minimum atomic E-state index is -1.11. The van der Waals surface area contributed by atoms with Gasteiger partial charge in [-0.3, -0.25) is 4.79 Å². The summed E-state index contributed by atoms with van der Waals surface area (Å²) < 4.78 is 15.9. The number of nitrogens with one attached hydrogen (secondary N) is 1. The Hall–Kier alpha value is -3.03. The van der Waals surface area contributed by atoms with Gasteiger partial charge in [-0.15, -0.1) is 0 Å². The number of aryl methyl sites for hydroxylation is 1. The van der Waals surface area contributed by atoms with E-state index in [0.717, 1.165) is 0 Å². The number of carbonyl (C=O) groups is 2. The van der Waals surface area contributed by atoms with Crippen LogP contribution in [0, 0.1) is 12.8 Å². The summed E-state index contributed by atoms with van der Waals surface area (Å²) in [6.45, 7) is 5.28. The van der Waals surface area contributed by atoms with Crippen molar-refractivity contribution in [3.05, 3.63) is 33.7 Å². The summed E-state index contributed by atoms with van der Waals surface area (Å²) >= 11 is 0. The Balaban J connectivity index is 2.43. The van der Waals surface area contributed by atoms with Crippen LogP contribution in [0.5, 0.6) is 11.5 Å². The molecule has 2 unspecified atom stereocenters. The summed E-state index contributed by atoms with van der Waals surface area (Å²) in [4.78, 5) is 36.3. The van der Waals surface area contributed by atoms with Gasteiger partial charge in [0.25, 0.3) is 0 Å². The summed E-state index contributed by atoms with van der Waals surface area (Å²) in [5, 5.41) is 12.4. The molecule has 0 aliphatic carbocycles. The van der Waals surface area contributed by atoms with Crippen LogP contribution in [0.3, 0.4) is 0 Å². The Labute approximate surface area is 162 Å². The second-order valence-corrected chi connectivity index (χ2v) is 6.64. The number of rotatable bonds is 8. The highest BCUT2D eigenvalue weighted by Gasteiger charge is 2.26. The van der Waals surface area contributed by atoms with Crippen molar-refractivity contribution in [2.45, 2.75) is 39.7 Å². The SMILES string of the molecule is CCC(C)C(NC(=O)Cc1c(C)c2c(OC)cc(OC)cc2oc1=O)C(=O)O. The van der Waals surface area contributed by atoms with E-state index in [9.17, 15) is 19.5 Å². The van der Waals surface area contributed by atoms with Crippen LogP contribution in [-0.2, 0) is 16.0 Å². The van der Waals surface area contributed by atoms with Gasteiger partial charge in [-0.05, 0) is 18.4 Å². The number of carboxylic acid groups (broad SMARTS) is 1. The highest BCUT2D eigenvalue weighted by Crippen LogP contribution is 2.33. The van der Waals surface area contributed by atoms with E-state index in [0.29, 0.717) is 28.9 Å². The average molecular weight is 391 g/mol. The van der Waals surface area contributed by atoms with Gasteiger partial charge in [0, 0.05) is 12.1 Å². The zero-order valence-electron chi connectivity index (χ0n) is 16.6. The Bertz CT molecular complexity index is 948. The molecule has 1 aromatic heterocycles. The molecule has 0 radical (unpaired) electrons. The average Bonchev–Trinajstić information content (AvgIpc) is 2.67. The minimum absolute atomic E-state index is 0.154. The van der Waals surface area contributed by atoms with Gasteiger partial charge in [0.05, 0.1) is 31.6 Å². The number of hydrogen-bond acceptors (Lipinski definition) is 6. The Kier molecular flexibility index (Phi) is 6.66. The molecular weight excluding hydrogens is 366 g/mol. The smallest absolute Gasteiger partial charge is 0.340 e. The Morgan fingerprint density at radius 3 is 2.46 bits per heavy atom. The summed E-state index contributed by atoms with van der Waals surface area (Å²) in [6.07, 6.45) is 0.299. The fraction of sp³-hybridized carbons (Fsp3) is 0.450. The maximum Gasteiger partial charge on any atom is 0.340 e. The van der Waals surface area contributed by atoms with Gasteiger partial charge < -0.3 is 24.3 Å². The standard InChI is InChI=1S/C20H25NO7/c1-6-10(2)18(19(23)24)21-16(22)9-13-11(3)17-14(27-5)7-12(26-4)8-15(17)28-20(13)25/h7-8,10,18H,6,9H2,1-5H3,(H,21,22)(H,23,24). The summed E-state index contributed by atoms with van der Waals surface area (Å²) in [5.41, 5.74) is 0.315. The van der Waals surface area contributed by atoms with E-state index in [4.69, 9.17) is 13.9 Å². The zero-order chi connectivity index (χ0) is 21.0. The number of carbonyl (C=O) groups excluding carboxylic acids is 1. The first-order valence-electron chi connectivity index (χ1n) is 8.93. The van der Waals surface area contributed by atoms with Crippen LogP contribution < -0.4 is 20.4 Å². The molecule has 0 fully saturated rings. The lowest BCUT2D eigenvalue weighted by Crippen LogP contribution is -2.45. The van der Waals surface area contributed by atoms with Crippen molar-refractivity contribution in [1.29, 1.82) is 0 Å². The van der Waals surface area contributed by atoms with E-state index >= 15 is 0 Å². The monoisotopic (exact) mass is 391 g/mol. The largest absolute Gasteiger partial charge is 0.496 e. The van der Waals surface area contributed by atoms with Gasteiger partial charge in [-0.1, -0.05) is 20.3 Å². The number of ether oxygens (including phenoxy) is 2. The lowest BCUT2D eigenvalue weighted by molar-refractivity contribution is -0.143. The third-order valence-corrected chi connectivity index (χ3v) is 4.90. The van der Waals surface area contributed by atoms with Gasteiger partial charge in [-0.25, -0.2) is 9.59 Å². The molecule has 0 bridgehead atoms. The topological polar surface area (TPSA) is 115 Å². The molecular formula is C20H25NO7. The number of methoxy groups -OCH3 is 2. The quantitative estimate of drug-likeness (QED) is 0.663. The number of benzene rings is 1. The molecule has 2 atom stereocenters. The van der Waals surface area contributed by atoms with Crippen LogP contribution in [0.1, 0.15) is 31.4 Å². The van der Waals surface area contributed by atoms with Crippen molar-refractivity contribution < 1.29 is 28.6 Å². The predicted molar refractivity (Wildman–Crippen MR) is 103 cm³/mol. The number of carboxylic acids is 1. The fourth-order valence-electron chi connectivity index (χ4n) is 3.03. The van der Waals surface area contributed by atoms with Crippen LogP contribution in [0.4, 0.5) is 0 Å². The second-order valence-electron chi connectivity index (χ2n) is 6.64. The highest BCUT2D eigenvalue weighted by molar-refractivity contribution is 5.91. The van der Waals surface area contributed by atoms with Gasteiger partial charge in [0.2, 0.25) is 5.91 Å². The minimum Gasteiger partial charge on any atom is -0.496 e. The van der Waals surface area contributed by atoms with E-state index in [1.807, 2.05) is 6.92 Å². The van der Waals surface area contributed by atoms with Crippen molar-refractivity contribution >= 4 is 22.8 Å². The molecule has 0 saturated carbocycles. The molecule has 152 valence electrons. The molecule has 2 N–H and O–H groups in total. The highest BCUT2D eigenvalue weighted by atomic mass is 16.5. The molecule has 8 nitrogen and oxygen atoms in total. The van der Waals surface area contributed by atoms with Gasteiger partial charge in [0.15, 0.2) is 0 Å². The van der Waals surface area contributed by atoms with E-state index < -0.39 is 23.5 Å². The first-order valence-corrected chi connectivity index (χ1v) is 8.93. The predicted octanol–water partition coefficient (Wildman–Crippen LogP) is 2.28. The Morgan fingerprint density at radius 1 is 1.25 bits per heavy atom. The van der Waals surface area contributed by atoms with E-state index in [1.54, 1.807) is 26.0 Å². The number of fused-ring (bicyclic) bond motifs is 1. The van der Waals surface area contributed by atoms with E-state index in [2.05, 4.69) is 5.32 Å². The van der Waals surface area contributed by atoms with Crippen LogP contribution in [0.25, 0.3) is 11.0 Å². The molecule has 28 heavy (non-hydrogen) atoms. The molecule has 1 amide bonds. The molecule has 8 heteroatoms. The first kappa shape index (κ1) is 21.3. The van der Waals surface area contributed by atoms with E-state index in [-0.39, 0.29) is 23.5 Å². The number of hydrogen-bond donors (Lipinski definition) is 2. The molecule has 1 heterocycles. The molecule has 0 aliphatic heterocycles. The van der Waals surface area contributed by atoms with Crippen molar-refractivity contribution in [2.24, 2.45) is 5.92 Å². The summed E-state index contributed by atoms with van der Waals surface area (Å²) in [6, 6.07) is 2.20. The zero-order valence-corrected chi connectivity index (χ0v) is 16.6. The first-order chi connectivity index (χ1) is 13.2. The molecule has 0 aliphatic rings. The maximum absolute atomic E-state index is 12.5. The summed E-state index contributed by atoms with van der Waals surface area (Å²) in [5.74, 6) is -1.01. The van der Waals surface area contributed by atoms with E-state index in [1.165, 1.54) is 14.2 Å². The Morgan fingerprint density at radius 2 is 1.93 bits per heavy atom. The van der Waals surface area contributed by atoms with Crippen LogP contribution in [0.2, 0.25) is 0 Å². The molecule has 0 saturated heterocycles. The van der Waals surface area contributed by atoms with Gasteiger partial charge >= 0.3 is 11.6 Å². The molecule has 2 aromatic rings. The van der Waals surface area contributed by atoms with Crippen molar-refractivity contribution in [3.8, 4) is 11.5 Å². The van der Waals surface area contributed by atoms with Crippen LogP contribution in [0.15, 0.2) is 21.3 Å². The fourth-order valence-corrected chi connectivity index (χ4v) is 3.03. The van der Waals surface area contributed by atoms with Gasteiger partial charge in [0.1, 0.15) is 23.1 Å². The third kappa shape index (κ3) is 4.27. The van der Waals surface area contributed by atoms with Crippen molar-refractivity contribution in [3.63, 3.8) is 0 Å². The van der Waals surface area contributed by atoms with Crippen molar-refractivity contribution in [1.82, 2.24) is 5.32 Å². The number of aliphatic carboxylic acids is 1. The van der Waals surface area contributed by atoms with Crippen LogP contribution in [-0.4, -0.2) is 37.2 Å². The van der Waals surface area contributed by atoms with Gasteiger partial charge in [-0.2, -0.15) is 0 Å². The number of amides is 1. The molecule has 0 spiro atoms. The summed E-state index contributed by atoms with van der Waals surface area (Å²) in [7, 11) is 2.97. The second kappa shape index (κ2) is 8.77. The maximum atomic E-state index is 12.5.